The largest absolute Gasteiger partial charge is 0.399 e. The Hall–Kier alpha value is -1.22. The number of halogens is 1. The molecule has 3 N–H and O–H groups in total. The molecule has 0 aromatic heterocycles. The number of nitrogens with one attached hydrogen (secondary N) is 1. The summed E-state index contributed by atoms with van der Waals surface area (Å²) in [5.41, 5.74) is 6.62. The van der Waals surface area contributed by atoms with Crippen molar-refractivity contribution >= 4 is 28.9 Å². The van der Waals surface area contributed by atoms with Crippen molar-refractivity contribution in [3.05, 3.63) is 23.2 Å². The van der Waals surface area contributed by atoms with E-state index in [-0.39, 0.29) is 11.3 Å². The van der Waals surface area contributed by atoms with E-state index in [1.807, 2.05) is 6.92 Å². The van der Waals surface area contributed by atoms with Crippen molar-refractivity contribution in [1.82, 2.24) is 0 Å². The van der Waals surface area contributed by atoms with Crippen LogP contribution in [-0.2, 0) is 4.79 Å². The van der Waals surface area contributed by atoms with Gasteiger partial charge in [0.05, 0.1) is 10.7 Å². The van der Waals surface area contributed by atoms with Gasteiger partial charge >= 0.3 is 0 Å². The van der Waals surface area contributed by atoms with Gasteiger partial charge in [-0.15, -0.1) is 0 Å². The lowest BCUT2D eigenvalue weighted by Gasteiger charge is -2.22. The van der Waals surface area contributed by atoms with E-state index in [2.05, 4.69) is 5.32 Å². The maximum absolute atomic E-state index is 12.2. The van der Waals surface area contributed by atoms with E-state index in [4.69, 9.17) is 17.3 Å². The topological polar surface area (TPSA) is 55.1 Å². The summed E-state index contributed by atoms with van der Waals surface area (Å²) in [5.74, 6) is 0.0440. The highest BCUT2D eigenvalue weighted by Gasteiger charge is 2.36. The zero-order valence-electron chi connectivity index (χ0n) is 9.92. The lowest BCUT2D eigenvalue weighted by Crippen LogP contribution is -2.30. The minimum Gasteiger partial charge on any atom is -0.399 e. The SMILES string of the molecule is CC1(C(=O)Nc2cc(N)ccc2Cl)CCCC1. The van der Waals surface area contributed by atoms with Crippen LogP contribution in [0.4, 0.5) is 11.4 Å². The molecule has 0 heterocycles. The second-order valence-corrected chi connectivity index (χ2v) is 5.37. The van der Waals surface area contributed by atoms with Gasteiger partial charge in [0.15, 0.2) is 0 Å². The van der Waals surface area contributed by atoms with Crippen LogP contribution in [0.25, 0.3) is 0 Å². The van der Waals surface area contributed by atoms with Crippen molar-refractivity contribution in [2.45, 2.75) is 32.6 Å². The van der Waals surface area contributed by atoms with Gasteiger partial charge in [0.2, 0.25) is 5.91 Å². The molecule has 1 aromatic carbocycles. The summed E-state index contributed by atoms with van der Waals surface area (Å²) >= 11 is 6.02. The first kappa shape index (κ1) is 12.2. The number of hydrogen-bond acceptors (Lipinski definition) is 2. The Kier molecular flexibility index (Phi) is 3.29. The van der Waals surface area contributed by atoms with Gasteiger partial charge in [-0.25, -0.2) is 0 Å². The molecule has 2 rings (SSSR count). The summed E-state index contributed by atoms with van der Waals surface area (Å²) < 4.78 is 0. The molecule has 1 saturated carbocycles. The zero-order valence-corrected chi connectivity index (χ0v) is 10.7. The molecule has 0 spiro atoms. The van der Waals surface area contributed by atoms with Crippen molar-refractivity contribution in [2.24, 2.45) is 5.41 Å². The fraction of sp³-hybridized carbons (Fsp3) is 0.462. The molecule has 3 nitrogen and oxygen atoms in total. The Morgan fingerprint density at radius 1 is 1.41 bits per heavy atom. The molecule has 0 unspecified atom stereocenters. The summed E-state index contributed by atoms with van der Waals surface area (Å²) in [4.78, 5) is 12.2. The molecule has 17 heavy (non-hydrogen) atoms. The van der Waals surface area contributed by atoms with Crippen LogP contribution in [0.3, 0.4) is 0 Å². The predicted molar refractivity (Wildman–Crippen MR) is 71.1 cm³/mol. The molecule has 1 fully saturated rings. The molecule has 1 aromatic rings. The van der Waals surface area contributed by atoms with E-state index in [1.165, 1.54) is 0 Å². The number of nitrogens with two attached hydrogens (primary N) is 1. The summed E-state index contributed by atoms with van der Waals surface area (Å²) in [6.07, 6.45) is 4.13. The van der Waals surface area contributed by atoms with Crippen molar-refractivity contribution in [3.8, 4) is 0 Å². The number of rotatable bonds is 2. The summed E-state index contributed by atoms with van der Waals surface area (Å²) in [5, 5.41) is 3.40. The third kappa shape index (κ3) is 2.55. The minimum absolute atomic E-state index is 0.0440. The van der Waals surface area contributed by atoms with Crippen LogP contribution >= 0.6 is 11.6 Å². The van der Waals surface area contributed by atoms with Crippen molar-refractivity contribution in [1.29, 1.82) is 0 Å². The summed E-state index contributed by atoms with van der Waals surface area (Å²) in [6.45, 7) is 2.01. The van der Waals surface area contributed by atoms with Crippen LogP contribution in [-0.4, -0.2) is 5.91 Å². The molecule has 0 atom stereocenters. The zero-order chi connectivity index (χ0) is 12.5. The Morgan fingerprint density at radius 3 is 2.71 bits per heavy atom. The number of carbonyl (C=O) groups excluding carboxylic acids is 1. The Labute approximate surface area is 106 Å². The van der Waals surface area contributed by atoms with Crippen LogP contribution in [0.2, 0.25) is 5.02 Å². The van der Waals surface area contributed by atoms with E-state index in [0.29, 0.717) is 16.4 Å². The number of hydrogen-bond donors (Lipinski definition) is 2. The van der Waals surface area contributed by atoms with Crippen molar-refractivity contribution < 1.29 is 4.79 Å². The highest BCUT2D eigenvalue weighted by atomic mass is 35.5. The van der Waals surface area contributed by atoms with E-state index < -0.39 is 0 Å². The number of amides is 1. The highest BCUT2D eigenvalue weighted by Crippen LogP contribution is 2.39. The van der Waals surface area contributed by atoms with Gasteiger partial charge in [-0.1, -0.05) is 31.4 Å². The van der Waals surface area contributed by atoms with Crippen LogP contribution in [0, 0.1) is 5.41 Å². The quantitative estimate of drug-likeness (QED) is 0.793. The predicted octanol–water partition coefficient (Wildman–Crippen LogP) is 3.44. The maximum atomic E-state index is 12.2. The van der Waals surface area contributed by atoms with E-state index in [9.17, 15) is 4.79 Å². The van der Waals surface area contributed by atoms with Gasteiger partial charge in [0, 0.05) is 11.1 Å². The van der Waals surface area contributed by atoms with Crippen LogP contribution < -0.4 is 11.1 Å². The summed E-state index contributed by atoms with van der Waals surface area (Å²) in [7, 11) is 0. The first-order valence-electron chi connectivity index (χ1n) is 5.88. The molecule has 0 aliphatic heterocycles. The number of benzene rings is 1. The molecule has 4 heteroatoms. The van der Waals surface area contributed by atoms with Crippen LogP contribution in [0.15, 0.2) is 18.2 Å². The number of anilines is 2. The Balaban J connectivity index is 2.15. The van der Waals surface area contributed by atoms with Gasteiger partial charge in [0.25, 0.3) is 0 Å². The van der Waals surface area contributed by atoms with Gasteiger partial charge in [0.1, 0.15) is 0 Å². The van der Waals surface area contributed by atoms with Gasteiger partial charge in [-0.3, -0.25) is 4.79 Å². The first-order valence-corrected chi connectivity index (χ1v) is 6.25. The minimum atomic E-state index is -0.256. The van der Waals surface area contributed by atoms with E-state index in [0.717, 1.165) is 25.7 Å². The molecule has 1 aliphatic rings. The molecule has 1 aliphatic carbocycles. The fourth-order valence-electron chi connectivity index (χ4n) is 2.29. The van der Waals surface area contributed by atoms with Crippen molar-refractivity contribution in [2.75, 3.05) is 11.1 Å². The average molecular weight is 253 g/mol. The Bertz CT molecular complexity index is 439. The van der Waals surface area contributed by atoms with Gasteiger partial charge in [-0.2, -0.15) is 0 Å². The number of carbonyl (C=O) groups is 1. The Morgan fingerprint density at radius 2 is 2.06 bits per heavy atom. The normalized spacial score (nSPS) is 18.0. The van der Waals surface area contributed by atoms with Crippen LogP contribution in [0.5, 0.6) is 0 Å². The third-order valence-corrected chi connectivity index (χ3v) is 3.82. The second-order valence-electron chi connectivity index (χ2n) is 4.96. The molecular weight excluding hydrogens is 236 g/mol. The lowest BCUT2D eigenvalue weighted by atomic mass is 9.88. The van der Waals surface area contributed by atoms with Crippen LogP contribution in [0.1, 0.15) is 32.6 Å². The fourth-order valence-corrected chi connectivity index (χ4v) is 2.46. The molecular formula is C13H17ClN2O. The summed E-state index contributed by atoms with van der Waals surface area (Å²) in [6, 6.07) is 5.11. The standard InChI is InChI=1S/C13H17ClN2O/c1-13(6-2-3-7-13)12(17)16-11-8-9(15)4-5-10(11)14/h4-5,8H,2-3,6-7,15H2,1H3,(H,16,17). The molecule has 0 saturated heterocycles. The first-order chi connectivity index (χ1) is 8.01. The smallest absolute Gasteiger partial charge is 0.230 e. The van der Waals surface area contributed by atoms with Gasteiger partial charge < -0.3 is 11.1 Å². The molecule has 0 bridgehead atoms. The number of nitrogen functional groups attached to an aromatic ring is 1. The van der Waals surface area contributed by atoms with E-state index >= 15 is 0 Å². The van der Waals surface area contributed by atoms with Crippen molar-refractivity contribution in [3.63, 3.8) is 0 Å². The lowest BCUT2D eigenvalue weighted by molar-refractivity contribution is -0.124. The monoisotopic (exact) mass is 252 g/mol. The van der Waals surface area contributed by atoms with E-state index in [1.54, 1.807) is 18.2 Å². The molecule has 92 valence electrons. The molecule has 0 radical (unpaired) electrons. The molecule has 1 amide bonds. The van der Waals surface area contributed by atoms with Gasteiger partial charge in [-0.05, 0) is 31.0 Å². The maximum Gasteiger partial charge on any atom is 0.230 e. The highest BCUT2D eigenvalue weighted by molar-refractivity contribution is 6.33. The average Bonchev–Trinajstić information content (AvgIpc) is 2.72. The second kappa shape index (κ2) is 4.57. The third-order valence-electron chi connectivity index (χ3n) is 3.49.